The van der Waals surface area contributed by atoms with E-state index in [9.17, 15) is 4.79 Å². The zero-order chi connectivity index (χ0) is 19.7. The molecule has 3 rings (SSSR count). The van der Waals surface area contributed by atoms with Crippen LogP contribution in [0.4, 0.5) is 11.5 Å². The highest BCUT2D eigenvalue weighted by molar-refractivity contribution is 5.96. The van der Waals surface area contributed by atoms with Crippen LogP contribution in [0.5, 0.6) is 5.75 Å². The van der Waals surface area contributed by atoms with Crippen LogP contribution in [0, 0.1) is 0 Å². The third kappa shape index (κ3) is 3.77. The summed E-state index contributed by atoms with van der Waals surface area (Å²) in [6, 6.07) is 9.91. The van der Waals surface area contributed by atoms with Crippen molar-refractivity contribution in [1.29, 1.82) is 0 Å². The van der Waals surface area contributed by atoms with Gasteiger partial charge in [0.1, 0.15) is 17.3 Å². The van der Waals surface area contributed by atoms with Crippen molar-refractivity contribution in [3.8, 4) is 5.75 Å². The van der Waals surface area contributed by atoms with Crippen LogP contribution in [0.1, 0.15) is 43.7 Å². The Labute approximate surface area is 160 Å². The molecule has 0 unspecified atom stereocenters. The van der Waals surface area contributed by atoms with Crippen molar-refractivity contribution < 1.29 is 9.53 Å². The first-order valence-corrected chi connectivity index (χ1v) is 9.22. The first kappa shape index (κ1) is 18.8. The van der Waals surface area contributed by atoms with Gasteiger partial charge in [-0.05, 0) is 70.2 Å². The van der Waals surface area contributed by atoms with Crippen molar-refractivity contribution >= 4 is 23.5 Å². The molecule has 0 aliphatic carbocycles. The van der Waals surface area contributed by atoms with E-state index >= 15 is 0 Å². The predicted octanol–water partition coefficient (Wildman–Crippen LogP) is 4.96. The Kier molecular flexibility index (Phi) is 5.13. The summed E-state index contributed by atoms with van der Waals surface area (Å²) in [6.07, 6.45) is 4.06. The van der Waals surface area contributed by atoms with Gasteiger partial charge in [0, 0.05) is 30.0 Å². The summed E-state index contributed by atoms with van der Waals surface area (Å²) >= 11 is 0. The maximum atomic E-state index is 12.7. The highest BCUT2D eigenvalue weighted by Crippen LogP contribution is 2.37. The number of amides is 1. The molecule has 0 spiro atoms. The van der Waals surface area contributed by atoms with E-state index in [4.69, 9.17) is 4.74 Å². The number of carbonyl (C=O) groups is 1. The summed E-state index contributed by atoms with van der Waals surface area (Å²) in [5.74, 6) is 1.65. The Bertz CT molecular complexity index is 875. The summed E-state index contributed by atoms with van der Waals surface area (Å²) in [5, 5.41) is 0. The molecule has 2 heterocycles. The van der Waals surface area contributed by atoms with Crippen LogP contribution in [0.25, 0.3) is 6.08 Å². The fraction of sp³-hybridized carbons (Fsp3) is 0.318. The molecule has 1 aliphatic heterocycles. The zero-order valence-electron chi connectivity index (χ0n) is 16.6. The molecule has 142 valence electrons. The molecule has 5 heteroatoms. The van der Waals surface area contributed by atoms with Crippen LogP contribution in [0.15, 0.2) is 48.7 Å². The molecule has 0 saturated carbocycles. The SMILES string of the molecule is C=C1C=Cc2cc(C(=O)N(C)C(C)C)[nH]c2N1c1ccc(OC(C)C)cc1. The number of nitrogens with zero attached hydrogens (tertiary/aromatic N) is 2. The number of aromatic nitrogens is 1. The van der Waals surface area contributed by atoms with Crippen LogP contribution in [-0.4, -0.2) is 35.0 Å². The number of nitrogens with one attached hydrogen (secondary N) is 1. The minimum atomic E-state index is -0.0287. The van der Waals surface area contributed by atoms with Gasteiger partial charge in [-0.1, -0.05) is 6.58 Å². The molecule has 0 atom stereocenters. The van der Waals surface area contributed by atoms with Crippen molar-refractivity contribution in [3.05, 3.63) is 59.9 Å². The number of carbonyl (C=O) groups excluding carboxylic acids is 1. The highest BCUT2D eigenvalue weighted by Gasteiger charge is 2.24. The zero-order valence-corrected chi connectivity index (χ0v) is 16.6. The lowest BCUT2D eigenvalue weighted by atomic mass is 10.1. The number of ether oxygens (including phenoxy) is 1. The lowest BCUT2D eigenvalue weighted by Gasteiger charge is -2.28. The van der Waals surface area contributed by atoms with Crippen molar-refractivity contribution in [1.82, 2.24) is 9.88 Å². The number of rotatable bonds is 5. The number of fused-ring (bicyclic) bond motifs is 1. The van der Waals surface area contributed by atoms with E-state index in [1.807, 2.05) is 82.1 Å². The fourth-order valence-electron chi connectivity index (χ4n) is 2.96. The number of allylic oxidation sites excluding steroid dienone is 1. The van der Waals surface area contributed by atoms with Gasteiger partial charge >= 0.3 is 0 Å². The molecule has 1 aromatic carbocycles. The van der Waals surface area contributed by atoms with Crippen molar-refractivity contribution in [2.45, 2.75) is 39.8 Å². The second-order valence-corrected chi connectivity index (χ2v) is 7.32. The van der Waals surface area contributed by atoms with E-state index in [1.165, 1.54) is 0 Å². The number of benzene rings is 1. The van der Waals surface area contributed by atoms with Gasteiger partial charge < -0.3 is 14.6 Å². The van der Waals surface area contributed by atoms with Gasteiger partial charge in [-0.2, -0.15) is 0 Å². The molecule has 27 heavy (non-hydrogen) atoms. The maximum absolute atomic E-state index is 12.7. The van der Waals surface area contributed by atoms with E-state index in [1.54, 1.807) is 4.90 Å². The van der Waals surface area contributed by atoms with Gasteiger partial charge in [-0.3, -0.25) is 9.69 Å². The van der Waals surface area contributed by atoms with Crippen LogP contribution in [0.2, 0.25) is 0 Å². The van der Waals surface area contributed by atoms with Gasteiger partial charge in [0.15, 0.2) is 0 Å². The summed E-state index contributed by atoms with van der Waals surface area (Å²) in [5.41, 5.74) is 3.32. The Morgan fingerprint density at radius 1 is 1.15 bits per heavy atom. The van der Waals surface area contributed by atoms with Crippen LogP contribution >= 0.6 is 0 Å². The van der Waals surface area contributed by atoms with Crippen LogP contribution in [0.3, 0.4) is 0 Å². The first-order valence-electron chi connectivity index (χ1n) is 9.22. The molecule has 1 aliphatic rings. The highest BCUT2D eigenvalue weighted by atomic mass is 16.5. The molecule has 0 saturated heterocycles. The number of anilines is 2. The number of hydrogen-bond acceptors (Lipinski definition) is 3. The third-order valence-corrected chi connectivity index (χ3v) is 4.58. The number of hydrogen-bond donors (Lipinski definition) is 1. The molecular weight excluding hydrogens is 338 g/mol. The molecule has 5 nitrogen and oxygen atoms in total. The van der Waals surface area contributed by atoms with Gasteiger partial charge in [0.25, 0.3) is 5.91 Å². The summed E-state index contributed by atoms with van der Waals surface area (Å²) < 4.78 is 5.72. The fourth-order valence-corrected chi connectivity index (χ4v) is 2.96. The van der Waals surface area contributed by atoms with E-state index < -0.39 is 0 Å². The molecule has 0 fully saturated rings. The van der Waals surface area contributed by atoms with Gasteiger partial charge in [0.2, 0.25) is 0 Å². The molecule has 1 amide bonds. The van der Waals surface area contributed by atoms with Gasteiger partial charge in [-0.15, -0.1) is 0 Å². The largest absolute Gasteiger partial charge is 0.491 e. The average molecular weight is 365 g/mol. The standard InChI is InChI=1S/C22H27N3O2/c1-14(2)24(6)22(26)20-13-17-8-7-16(5)25(21(17)23-20)18-9-11-19(12-10-18)27-15(3)4/h7-15,23H,5H2,1-4,6H3. The normalized spacial score (nSPS) is 13.3. The summed E-state index contributed by atoms with van der Waals surface area (Å²) in [7, 11) is 1.81. The Morgan fingerprint density at radius 2 is 1.81 bits per heavy atom. The minimum absolute atomic E-state index is 0.0287. The lowest BCUT2D eigenvalue weighted by molar-refractivity contribution is 0.0750. The van der Waals surface area contributed by atoms with E-state index in [-0.39, 0.29) is 18.1 Å². The van der Waals surface area contributed by atoms with E-state index in [2.05, 4.69) is 11.6 Å². The van der Waals surface area contributed by atoms with Crippen molar-refractivity contribution in [3.63, 3.8) is 0 Å². The molecule has 0 radical (unpaired) electrons. The minimum Gasteiger partial charge on any atom is -0.491 e. The molecule has 1 aromatic heterocycles. The second kappa shape index (κ2) is 7.35. The summed E-state index contributed by atoms with van der Waals surface area (Å²) in [4.78, 5) is 19.7. The number of aromatic amines is 1. The first-order chi connectivity index (χ1) is 12.8. The maximum Gasteiger partial charge on any atom is 0.270 e. The van der Waals surface area contributed by atoms with Crippen LogP contribution in [-0.2, 0) is 0 Å². The van der Waals surface area contributed by atoms with Gasteiger partial charge in [0.05, 0.1) is 6.10 Å². The lowest BCUT2D eigenvalue weighted by Crippen LogP contribution is -2.33. The average Bonchev–Trinajstić information content (AvgIpc) is 3.05. The Morgan fingerprint density at radius 3 is 2.41 bits per heavy atom. The molecular formula is C22H27N3O2. The van der Waals surface area contributed by atoms with Gasteiger partial charge in [-0.25, -0.2) is 0 Å². The predicted molar refractivity (Wildman–Crippen MR) is 111 cm³/mol. The van der Waals surface area contributed by atoms with E-state index in [0.29, 0.717) is 5.69 Å². The topological polar surface area (TPSA) is 48.6 Å². The van der Waals surface area contributed by atoms with Crippen molar-refractivity contribution in [2.24, 2.45) is 0 Å². The number of H-pyrrole nitrogens is 1. The monoisotopic (exact) mass is 365 g/mol. The second-order valence-electron chi connectivity index (χ2n) is 7.32. The molecule has 1 N–H and O–H groups in total. The Balaban J connectivity index is 1.94. The Hall–Kier alpha value is -2.95. The summed E-state index contributed by atoms with van der Waals surface area (Å²) in [6.45, 7) is 12.1. The quantitative estimate of drug-likeness (QED) is 0.814. The van der Waals surface area contributed by atoms with Crippen LogP contribution < -0.4 is 9.64 Å². The molecule has 2 aromatic rings. The van der Waals surface area contributed by atoms with E-state index in [0.717, 1.165) is 28.5 Å². The smallest absolute Gasteiger partial charge is 0.270 e. The third-order valence-electron chi connectivity index (χ3n) is 4.58. The van der Waals surface area contributed by atoms with Crippen molar-refractivity contribution in [2.75, 3.05) is 11.9 Å². The molecule has 0 bridgehead atoms.